The van der Waals surface area contributed by atoms with Gasteiger partial charge in [-0.15, -0.1) is 0 Å². The van der Waals surface area contributed by atoms with Gasteiger partial charge in [-0.05, 0) is 32.0 Å². The highest BCUT2D eigenvalue weighted by Crippen LogP contribution is 2.27. The predicted octanol–water partition coefficient (Wildman–Crippen LogP) is 2.20. The standard InChI is InChI=1S/C16H22ClN3O4/c1-9(2)24-14-5-4-10(6-12(14)17)13(21)7-11(16(22)19-3)8-15(18)20-23/h4-6,9,11,23H,7-8H2,1-3H3,(H2,18,20)(H,19,22)/t11-/m0/s1. The highest BCUT2D eigenvalue weighted by molar-refractivity contribution is 6.32. The average molecular weight is 356 g/mol. The number of amidine groups is 1. The van der Waals surface area contributed by atoms with Gasteiger partial charge in [0, 0.05) is 25.5 Å². The van der Waals surface area contributed by atoms with E-state index in [4.69, 9.17) is 27.3 Å². The molecule has 7 nitrogen and oxygen atoms in total. The zero-order valence-electron chi connectivity index (χ0n) is 13.9. The van der Waals surface area contributed by atoms with E-state index in [9.17, 15) is 9.59 Å². The van der Waals surface area contributed by atoms with Gasteiger partial charge in [0.15, 0.2) is 5.78 Å². The molecule has 1 atom stereocenters. The number of hydrogen-bond donors (Lipinski definition) is 3. The van der Waals surface area contributed by atoms with Crippen molar-refractivity contribution in [1.82, 2.24) is 5.32 Å². The number of hydrogen-bond acceptors (Lipinski definition) is 5. The maximum Gasteiger partial charge on any atom is 0.223 e. The minimum absolute atomic E-state index is 0.0236. The molecule has 0 bridgehead atoms. The van der Waals surface area contributed by atoms with E-state index < -0.39 is 5.92 Å². The van der Waals surface area contributed by atoms with E-state index in [1.807, 2.05) is 13.8 Å². The van der Waals surface area contributed by atoms with Crippen molar-refractivity contribution in [1.29, 1.82) is 0 Å². The van der Waals surface area contributed by atoms with Crippen molar-refractivity contribution in [3.63, 3.8) is 0 Å². The van der Waals surface area contributed by atoms with Crippen LogP contribution in [0.15, 0.2) is 23.4 Å². The number of halogens is 1. The molecule has 0 spiro atoms. The number of nitrogens with zero attached hydrogens (tertiary/aromatic N) is 1. The fourth-order valence-corrected chi connectivity index (χ4v) is 2.35. The molecule has 1 amide bonds. The van der Waals surface area contributed by atoms with Gasteiger partial charge >= 0.3 is 0 Å². The molecule has 0 aliphatic rings. The zero-order valence-corrected chi connectivity index (χ0v) is 14.6. The van der Waals surface area contributed by atoms with Gasteiger partial charge in [0.05, 0.1) is 17.0 Å². The molecule has 0 saturated heterocycles. The molecule has 1 rings (SSSR count). The number of nitrogens with one attached hydrogen (secondary N) is 1. The number of carbonyl (C=O) groups is 2. The lowest BCUT2D eigenvalue weighted by molar-refractivity contribution is -0.124. The second-order valence-corrected chi connectivity index (χ2v) is 5.95. The Bertz CT molecular complexity index is 632. The van der Waals surface area contributed by atoms with E-state index in [2.05, 4.69) is 10.5 Å². The second-order valence-electron chi connectivity index (χ2n) is 5.55. The Morgan fingerprint density at radius 2 is 2.04 bits per heavy atom. The Labute approximate surface area is 145 Å². The second kappa shape index (κ2) is 9.12. The molecule has 0 fully saturated rings. The Hall–Kier alpha value is -2.28. The third kappa shape index (κ3) is 5.73. The number of Topliss-reactive ketones (excluding diaryl/α,β-unsaturated/α-hetero) is 1. The quantitative estimate of drug-likeness (QED) is 0.217. The molecule has 1 aromatic rings. The van der Waals surface area contributed by atoms with E-state index in [0.29, 0.717) is 16.3 Å². The van der Waals surface area contributed by atoms with Crippen LogP contribution in [-0.4, -0.2) is 35.9 Å². The normalized spacial score (nSPS) is 12.8. The summed E-state index contributed by atoms with van der Waals surface area (Å²) >= 11 is 6.12. The number of ketones is 1. The van der Waals surface area contributed by atoms with Crippen molar-refractivity contribution in [2.45, 2.75) is 32.8 Å². The third-order valence-electron chi connectivity index (χ3n) is 3.25. The number of benzene rings is 1. The molecular formula is C16H22ClN3O4. The first-order valence-corrected chi connectivity index (χ1v) is 7.83. The maximum absolute atomic E-state index is 12.4. The summed E-state index contributed by atoms with van der Waals surface area (Å²) in [5, 5.41) is 14.3. The van der Waals surface area contributed by atoms with Crippen molar-refractivity contribution in [2.24, 2.45) is 16.8 Å². The molecule has 24 heavy (non-hydrogen) atoms. The summed E-state index contributed by atoms with van der Waals surface area (Å²) in [5.41, 5.74) is 5.81. The smallest absolute Gasteiger partial charge is 0.223 e. The highest BCUT2D eigenvalue weighted by atomic mass is 35.5. The van der Waals surface area contributed by atoms with Gasteiger partial charge in [0.25, 0.3) is 0 Å². The monoisotopic (exact) mass is 355 g/mol. The molecule has 0 radical (unpaired) electrons. The molecule has 1 aromatic carbocycles. The minimum Gasteiger partial charge on any atom is -0.489 e. The van der Waals surface area contributed by atoms with Crippen LogP contribution in [-0.2, 0) is 4.79 Å². The Morgan fingerprint density at radius 3 is 2.54 bits per heavy atom. The number of amides is 1. The summed E-state index contributed by atoms with van der Waals surface area (Å²) < 4.78 is 5.52. The molecule has 0 unspecified atom stereocenters. The fraction of sp³-hybridized carbons (Fsp3) is 0.438. The maximum atomic E-state index is 12.4. The Kier molecular flexibility index (Phi) is 7.51. The van der Waals surface area contributed by atoms with Crippen molar-refractivity contribution < 1.29 is 19.5 Å². The first-order chi connectivity index (χ1) is 11.3. The molecule has 0 heterocycles. The van der Waals surface area contributed by atoms with Crippen LogP contribution in [0.25, 0.3) is 0 Å². The summed E-state index contributed by atoms with van der Waals surface area (Å²) in [6.07, 6.45) is -0.150. The molecule has 0 aliphatic carbocycles. The minimum atomic E-state index is -0.733. The van der Waals surface area contributed by atoms with Gasteiger partial charge in [0.2, 0.25) is 5.91 Å². The molecule has 0 aromatic heterocycles. The lowest BCUT2D eigenvalue weighted by Gasteiger charge is -2.15. The van der Waals surface area contributed by atoms with Gasteiger partial charge in [-0.25, -0.2) is 0 Å². The van der Waals surface area contributed by atoms with Gasteiger partial charge in [0.1, 0.15) is 11.6 Å². The van der Waals surface area contributed by atoms with Crippen LogP contribution in [0.4, 0.5) is 0 Å². The predicted molar refractivity (Wildman–Crippen MR) is 91.7 cm³/mol. The van der Waals surface area contributed by atoms with Gasteiger partial charge in [-0.1, -0.05) is 16.8 Å². The summed E-state index contributed by atoms with van der Waals surface area (Å²) in [6, 6.07) is 4.72. The van der Waals surface area contributed by atoms with E-state index in [1.165, 1.54) is 13.1 Å². The number of ether oxygens (including phenoxy) is 1. The van der Waals surface area contributed by atoms with E-state index in [-0.39, 0.29) is 36.5 Å². The van der Waals surface area contributed by atoms with Crippen LogP contribution < -0.4 is 15.8 Å². The third-order valence-corrected chi connectivity index (χ3v) is 3.54. The Morgan fingerprint density at radius 1 is 1.38 bits per heavy atom. The van der Waals surface area contributed by atoms with Crippen LogP contribution in [0, 0.1) is 5.92 Å². The van der Waals surface area contributed by atoms with Crippen molar-refractivity contribution in [3.05, 3.63) is 28.8 Å². The lowest BCUT2D eigenvalue weighted by Crippen LogP contribution is -2.32. The summed E-state index contributed by atoms with van der Waals surface area (Å²) in [5.74, 6) is -0.991. The average Bonchev–Trinajstić information content (AvgIpc) is 2.54. The molecular weight excluding hydrogens is 334 g/mol. The molecule has 4 N–H and O–H groups in total. The number of rotatable bonds is 8. The fourth-order valence-electron chi connectivity index (χ4n) is 2.12. The molecule has 132 valence electrons. The Balaban J connectivity index is 2.91. The summed E-state index contributed by atoms with van der Waals surface area (Å²) in [7, 11) is 1.46. The van der Waals surface area contributed by atoms with E-state index in [1.54, 1.807) is 12.1 Å². The summed E-state index contributed by atoms with van der Waals surface area (Å²) in [4.78, 5) is 24.3. The van der Waals surface area contributed by atoms with Crippen LogP contribution in [0.2, 0.25) is 5.02 Å². The number of oxime groups is 1. The van der Waals surface area contributed by atoms with Crippen LogP contribution in [0.1, 0.15) is 37.0 Å². The van der Waals surface area contributed by atoms with E-state index >= 15 is 0 Å². The van der Waals surface area contributed by atoms with Crippen LogP contribution in [0.5, 0.6) is 5.75 Å². The summed E-state index contributed by atoms with van der Waals surface area (Å²) in [6.45, 7) is 3.74. The van der Waals surface area contributed by atoms with Gasteiger partial charge in [-0.2, -0.15) is 0 Å². The first-order valence-electron chi connectivity index (χ1n) is 7.45. The van der Waals surface area contributed by atoms with Crippen molar-refractivity contribution in [2.75, 3.05) is 7.05 Å². The van der Waals surface area contributed by atoms with Gasteiger partial charge < -0.3 is 21.0 Å². The van der Waals surface area contributed by atoms with Crippen LogP contribution >= 0.6 is 11.6 Å². The lowest BCUT2D eigenvalue weighted by atomic mass is 9.94. The molecule has 0 aliphatic heterocycles. The van der Waals surface area contributed by atoms with Gasteiger partial charge in [-0.3, -0.25) is 9.59 Å². The van der Waals surface area contributed by atoms with Crippen LogP contribution in [0.3, 0.4) is 0 Å². The largest absolute Gasteiger partial charge is 0.489 e. The molecule has 0 saturated carbocycles. The zero-order chi connectivity index (χ0) is 18.3. The van der Waals surface area contributed by atoms with Crippen molar-refractivity contribution in [3.8, 4) is 5.75 Å². The SMILES string of the molecule is CNC(=O)[C@@H](CC(=O)c1ccc(OC(C)C)c(Cl)c1)C/C(N)=N/O. The topological polar surface area (TPSA) is 114 Å². The first kappa shape index (κ1) is 19.8. The number of carbonyl (C=O) groups excluding carboxylic acids is 2. The highest BCUT2D eigenvalue weighted by Gasteiger charge is 2.23. The van der Waals surface area contributed by atoms with E-state index in [0.717, 1.165) is 0 Å². The number of nitrogens with two attached hydrogens (primary N) is 1. The molecule has 8 heteroatoms. The van der Waals surface area contributed by atoms with Crippen molar-refractivity contribution >= 4 is 29.1 Å².